The van der Waals surface area contributed by atoms with Crippen LogP contribution in [0.5, 0.6) is 0 Å². The third-order valence-corrected chi connectivity index (χ3v) is 10.6. The van der Waals surface area contributed by atoms with Gasteiger partial charge in [0.15, 0.2) is 0 Å². The van der Waals surface area contributed by atoms with Gasteiger partial charge in [-0.15, -0.1) is 0 Å². The van der Waals surface area contributed by atoms with Gasteiger partial charge in [0.2, 0.25) is 0 Å². The Morgan fingerprint density at radius 3 is 1.96 bits per heavy atom. The lowest BCUT2D eigenvalue weighted by Gasteiger charge is -2.39. The van der Waals surface area contributed by atoms with Crippen LogP contribution in [0.1, 0.15) is 60.6 Å². The molecule has 9 rings (SSSR count). The molecule has 1 spiro atoms. The SMILES string of the molecule is C=NC1CC=CC=C1C(C)(c1ccccc1)c1cccc2c1-c1ccccc1C21c2cccc3ccc4cccc1c4c23.CC. The highest BCUT2D eigenvalue weighted by Gasteiger charge is 2.52. The molecule has 1 heteroatoms. The number of allylic oxidation sites excluding steroid dienone is 2. The van der Waals surface area contributed by atoms with Gasteiger partial charge >= 0.3 is 0 Å². The number of fused-ring (bicyclic) bond motifs is 7. The fourth-order valence-electron chi connectivity index (χ4n) is 8.79. The zero-order valence-electron chi connectivity index (χ0n) is 26.2. The minimum Gasteiger partial charge on any atom is -0.293 e. The second-order valence-corrected chi connectivity index (χ2v) is 12.4. The van der Waals surface area contributed by atoms with Crippen molar-refractivity contribution in [3.8, 4) is 11.1 Å². The van der Waals surface area contributed by atoms with E-state index >= 15 is 0 Å². The zero-order valence-corrected chi connectivity index (χ0v) is 26.2. The molecular formula is C44H37N. The molecule has 1 nitrogen and oxygen atoms in total. The second-order valence-electron chi connectivity index (χ2n) is 12.4. The van der Waals surface area contributed by atoms with Gasteiger partial charge in [-0.3, -0.25) is 4.99 Å². The summed E-state index contributed by atoms with van der Waals surface area (Å²) in [6.07, 6.45) is 7.57. The molecule has 218 valence electrons. The van der Waals surface area contributed by atoms with Crippen molar-refractivity contribution in [3.05, 3.63) is 179 Å². The van der Waals surface area contributed by atoms with Crippen molar-refractivity contribution >= 4 is 28.3 Å². The average molecular weight is 580 g/mol. The van der Waals surface area contributed by atoms with Gasteiger partial charge in [-0.25, -0.2) is 0 Å². The van der Waals surface area contributed by atoms with Crippen molar-refractivity contribution in [3.63, 3.8) is 0 Å². The van der Waals surface area contributed by atoms with E-state index in [2.05, 4.69) is 158 Å². The fourth-order valence-corrected chi connectivity index (χ4v) is 8.79. The Bertz CT molecular complexity index is 2140. The molecule has 0 radical (unpaired) electrons. The second kappa shape index (κ2) is 10.3. The molecule has 2 unspecified atom stereocenters. The van der Waals surface area contributed by atoms with Gasteiger partial charge in [0.25, 0.3) is 0 Å². The van der Waals surface area contributed by atoms with E-state index in [9.17, 15) is 0 Å². The maximum Gasteiger partial charge on any atom is 0.0751 e. The van der Waals surface area contributed by atoms with Gasteiger partial charge in [-0.2, -0.15) is 0 Å². The summed E-state index contributed by atoms with van der Waals surface area (Å²) in [6, 6.07) is 45.6. The molecule has 3 aliphatic carbocycles. The van der Waals surface area contributed by atoms with Crippen LogP contribution in [0.2, 0.25) is 0 Å². The summed E-state index contributed by atoms with van der Waals surface area (Å²) >= 11 is 0. The molecule has 0 saturated carbocycles. The predicted molar refractivity (Wildman–Crippen MR) is 192 cm³/mol. The van der Waals surface area contributed by atoms with Crippen LogP contribution in [-0.4, -0.2) is 12.8 Å². The third-order valence-electron chi connectivity index (χ3n) is 10.6. The molecule has 0 aliphatic heterocycles. The monoisotopic (exact) mass is 579 g/mol. The predicted octanol–water partition coefficient (Wildman–Crippen LogP) is 11.0. The maximum atomic E-state index is 4.66. The van der Waals surface area contributed by atoms with Crippen molar-refractivity contribution < 1.29 is 0 Å². The first-order valence-corrected chi connectivity index (χ1v) is 16.3. The van der Waals surface area contributed by atoms with E-state index in [1.54, 1.807) is 0 Å². The van der Waals surface area contributed by atoms with Crippen LogP contribution in [0.3, 0.4) is 0 Å². The largest absolute Gasteiger partial charge is 0.293 e. The van der Waals surface area contributed by atoms with Gasteiger partial charge in [0, 0.05) is 5.41 Å². The van der Waals surface area contributed by atoms with Crippen LogP contribution >= 0.6 is 0 Å². The van der Waals surface area contributed by atoms with E-state index in [4.69, 9.17) is 0 Å². The third kappa shape index (κ3) is 3.47. The molecule has 0 N–H and O–H groups in total. The van der Waals surface area contributed by atoms with Crippen LogP contribution in [0.25, 0.3) is 32.7 Å². The highest BCUT2D eigenvalue weighted by Crippen LogP contribution is 2.64. The van der Waals surface area contributed by atoms with E-state index in [-0.39, 0.29) is 11.5 Å². The standard InChI is InChI=1S/C42H31N.C2H6/c1-41(29-15-4-3-5-16-29,32-19-8-9-24-37(32)43-2)33-20-12-23-36-40(33)30-17-6-7-18-31(30)42(36)34-21-10-13-27-25-26-28-14-11-22-35(42)39(28)38(27)34;1-2/h3-23,25-26,37H,2,24H2,1H3;1-2H3. The van der Waals surface area contributed by atoms with Crippen LogP contribution in [-0.2, 0) is 10.8 Å². The summed E-state index contributed by atoms with van der Waals surface area (Å²) in [4.78, 5) is 4.66. The Kier molecular flexibility index (Phi) is 6.29. The molecule has 0 bridgehead atoms. The molecule has 0 heterocycles. The van der Waals surface area contributed by atoms with Gasteiger partial charge < -0.3 is 0 Å². The molecule has 45 heavy (non-hydrogen) atoms. The Hall–Kier alpha value is -5.01. The highest BCUT2D eigenvalue weighted by molar-refractivity contribution is 6.17. The van der Waals surface area contributed by atoms with Gasteiger partial charge in [-0.05, 0) is 91.7 Å². The summed E-state index contributed by atoms with van der Waals surface area (Å²) < 4.78 is 0. The topological polar surface area (TPSA) is 12.4 Å². The quantitative estimate of drug-likeness (QED) is 0.145. The number of hydrogen-bond donors (Lipinski definition) is 0. The Morgan fingerprint density at radius 1 is 0.667 bits per heavy atom. The van der Waals surface area contributed by atoms with E-state index in [1.165, 1.54) is 71.6 Å². The number of benzene rings is 6. The molecule has 0 aromatic heterocycles. The van der Waals surface area contributed by atoms with Crippen LogP contribution in [0.4, 0.5) is 0 Å². The number of aliphatic imine (C=N–C) groups is 1. The lowest BCUT2D eigenvalue weighted by Crippen LogP contribution is -2.34. The normalized spacial score (nSPS) is 17.8. The van der Waals surface area contributed by atoms with Crippen molar-refractivity contribution in [1.82, 2.24) is 0 Å². The van der Waals surface area contributed by atoms with Crippen molar-refractivity contribution in [1.29, 1.82) is 0 Å². The summed E-state index contributed by atoms with van der Waals surface area (Å²) in [6.45, 7) is 10.4. The molecule has 6 aromatic carbocycles. The lowest BCUT2D eigenvalue weighted by molar-refractivity contribution is 0.591. The van der Waals surface area contributed by atoms with Gasteiger partial charge in [-0.1, -0.05) is 153 Å². The summed E-state index contributed by atoms with van der Waals surface area (Å²) in [5, 5.41) is 5.41. The first-order chi connectivity index (χ1) is 22.2. The molecule has 3 aliphatic rings. The molecule has 0 fully saturated rings. The van der Waals surface area contributed by atoms with Crippen LogP contribution in [0, 0.1) is 0 Å². The number of rotatable bonds is 4. The van der Waals surface area contributed by atoms with E-state index in [1.807, 2.05) is 13.8 Å². The molecule has 6 aromatic rings. The van der Waals surface area contributed by atoms with Crippen molar-refractivity contribution in [2.75, 3.05) is 0 Å². The van der Waals surface area contributed by atoms with E-state index in [0.717, 1.165) is 6.42 Å². The minimum atomic E-state index is -0.411. The molecule has 0 saturated heterocycles. The van der Waals surface area contributed by atoms with E-state index in [0.29, 0.717) is 0 Å². The minimum absolute atomic E-state index is 0.0231. The van der Waals surface area contributed by atoms with Crippen LogP contribution < -0.4 is 0 Å². The van der Waals surface area contributed by atoms with Crippen LogP contribution in [0.15, 0.2) is 150 Å². The molecule has 2 atom stereocenters. The maximum absolute atomic E-state index is 4.66. The zero-order chi connectivity index (χ0) is 30.8. The first kappa shape index (κ1) is 27.5. The Labute approximate surface area is 266 Å². The summed E-state index contributed by atoms with van der Waals surface area (Å²) in [5.41, 5.74) is 11.3. The highest BCUT2D eigenvalue weighted by atomic mass is 14.8. The fraction of sp³-hybridized carbons (Fsp3) is 0.159. The first-order valence-electron chi connectivity index (χ1n) is 16.3. The number of nitrogens with zero attached hydrogens (tertiary/aromatic N) is 1. The Morgan fingerprint density at radius 2 is 1.27 bits per heavy atom. The average Bonchev–Trinajstić information content (AvgIpc) is 3.60. The van der Waals surface area contributed by atoms with Crippen molar-refractivity contribution in [2.24, 2.45) is 4.99 Å². The summed E-state index contributed by atoms with van der Waals surface area (Å²) in [5.74, 6) is 0. The summed E-state index contributed by atoms with van der Waals surface area (Å²) in [7, 11) is 0. The van der Waals surface area contributed by atoms with Crippen molar-refractivity contribution in [2.45, 2.75) is 44.1 Å². The Balaban J connectivity index is 0.00000147. The van der Waals surface area contributed by atoms with E-state index < -0.39 is 5.41 Å². The van der Waals surface area contributed by atoms with Gasteiger partial charge in [0.1, 0.15) is 0 Å². The van der Waals surface area contributed by atoms with Gasteiger partial charge in [0.05, 0.1) is 11.5 Å². The lowest BCUT2D eigenvalue weighted by atomic mass is 9.64. The number of hydrogen-bond acceptors (Lipinski definition) is 1. The smallest absolute Gasteiger partial charge is 0.0751 e. The molecule has 0 amide bonds. The molecular weight excluding hydrogens is 542 g/mol.